The Balaban J connectivity index is 1.47. The van der Waals surface area contributed by atoms with Gasteiger partial charge in [0.2, 0.25) is 0 Å². The van der Waals surface area contributed by atoms with Gasteiger partial charge in [-0.25, -0.2) is 4.79 Å². The molecule has 4 nitrogen and oxygen atoms in total. The average Bonchev–Trinajstić information content (AvgIpc) is 3.06. The normalized spacial score (nSPS) is 66.7. The van der Waals surface area contributed by atoms with Gasteiger partial charge in [0.25, 0.3) is 0 Å². The third kappa shape index (κ3) is 0.935. The first-order valence-electron chi connectivity index (χ1n) is 7.19. The van der Waals surface area contributed by atoms with Gasteiger partial charge in [0.1, 0.15) is 0 Å². The summed E-state index contributed by atoms with van der Waals surface area (Å²) >= 11 is 0. The van der Waals surface area contributed by atoms with E-state index in [0.29, 0.717) is 24.0 Å². The van der Waals surface area contributed by atoms with Crippen LogP contribution in [0.15, 0.2) is 0 Å². The van der Waals surface area contributed by atoms with Crippen LogP contribution in [0.25, 0.3) is 0 Å². The number of aliphatic carboxylic acids is 1. The Morgan fingerprint density at radius 1 is 1.28 bits per heavy atom. The molecular weight excluding hydrogens is 232 g/mol. The predicted octanol–water partition coefficient (Wildman–Crippen LogP) is 1.29. The Bertz CT molecular complexity index is 449. The highest BCUT2D eigenvalue weighted by Gasteiger charge is 2.74. The Hall–Kier alpha value is -0.610. The van der Waals surface area contributed by atoms with Crippen molar-refractivity contribution in [2.45, 2.75) is 50.1 Å². The van der Waals surface area contributed by atoms with Crippen LogP contribution in [0.5, 0.6) is 0 Å². The van der Waals surface area contributed by atoms with E-state index < -0.39 is 11.6 Å². The Morgan fingerprint density at radius 2 is 2.06 bits per heavy atom. The number of carboxylic acid groups (broad SMARTS) is 1. The summed E-state index contributed by atoms with van der Waals surface area (Å²) in [5, 5.41) is 9.51. The maximum atomic E-state index is 11.6. The lowest BCUT2D eigenvalue weighted by molar-refractivity contribution is -0.147. The second kappa shape index (κ2) is 2.78. The van der Waals surface area contributed by atoms with E-state index in [1.54, 1.807) is 0 Å². The van der Waals surface area contributed by atoms with Crippen LogP contribution >= 0.6 is 0 Å². The summed E-state index contributed by atoms with van der Waals surface area (Å²) in [7, 11) is 0. The second-order valence-electron chi connectivity index (χ2n) is 6.98. The van der Waals surface area contributed by atoms with E-state index in [-0.39, 0.29) is 12.0 Å². The maximum Gasteiger partial charge on any atom is 0.339 e. The summed E-state index contributed by atoms with van der Waals surface area (Å²) in [5.74, 6) is 2.28. The molecule has 5 aliphatic rings. The molecule has 0 spiro atoms. The molecule has 2 saturated heterocycles. The molecular formula is C14H18O4. The van der Waals surface area contributed by atoms with Crippen molar-refractivity contribution in [2.24, 2.45) is 29.6 Å². The third-order valence-electron chi connectivity index (χ3n) is 6.55. The predicted molar refractivity (Wildman–Crippen MR) is 60.9 cm³/mol. The smallest absolute Gasteiger partial charge is 0.339 e. The number of carbonyl (C=O) groups is 1. The van der Waals surface area contributed by atoms with Crippen LogP contribution in [0.1, 0.15) is 26.2 Å². The van der Waals surface area contributed by atoms with Crippen molar-refractivity contribution < 1.29 is 19.4 Å². The van der Waals surface area contributed by atoms with E-state index in [4.69, 9.17) is 9.47 Å². The summed E-state index contributed by atoms with van der Waals surface area (Å²) in [6, 6.07) is 0. The van der Waals surface area contributed by atoms with Crippen molar-refractivity contribution in [3.05, 3.63) is 0 Å². The molecule has 0 radical (unpaired) electrons. The second-order valence-corrected chi connectivity index (χ2v) is 6.98. The molecule has 3 aliphatic carbocycles. The monoisotopic (exact) mass is 250 g/mol. The summed E-state index contributed by atoms with van der Waals surface area (Å²) in [6.07, 6.45) is 4.40. The number of rotatable bonds is 2. The molecule has 4 heteroatoms. The molecule has 98 valence electrons. The van der Waals surface area contributed by atoms with Gasteiger partial charge in [0.15, 0.2) is 5.60 Å². The first kappa shape index (κ1) is 10.2. The maximum absolute atomic E-state index is 11.6. The highest BCUT2D eigenvalue weighted by Crippen LogP contribution is 2.69. The molecule has 5 rings (SSSR count). The lowest BCUT2D eigenvalue weighted by Crippen LogP contribution is -2.42. The van der Waals surface area contributed by atoms with E-state index >= 15 is 0 Å². The minimum atomic E-state index is -0.835. The van der Waals surface area contributed by atoms with Gasteiger partial charge >= 0.3 is 5.97 Å². The fourth-order valence-corrected chi connectivity index (χ4v) is 5.85. The molecule has 0 aromatic rings. The van der Waals surface area contributed by atoms with Crippen LogP contribution in [-0.2, 0) is 14.3 Å². The van der Waals surface area contributed by atoms with Crippen molar-refractivity contribution >= 4 is 5.97 Å². The third-order valence-corrected chi connectivity index (χ3v) is 6.55. The number of epoxide rings is 2. The fraction of sp³-hybridized carbons (Fsp3) is 0.929. The molecule has 1 N–H and O–H groups in total. The molecule has 2 heterocycles. The van der Waals surface area contributed by atoms with E-state index in [1.807, 2.05) is 6.92 Å². The van der Waals surface area contributed by atoms with Crippen molar-refractivity contribution in [2.75, 3.05) is 0 Å². The lowest BCUT2D eigenvalue weighted by Gasteiger charge is -2.34. The minimum absolute atomic E-state index is 0.0926. The van der Waals surface area contributed by atoms with Crippen LogP contribution in [-0.4, -0.2) is 35.0 Å². The molecule has 0 aromatic carbocycles. The van der Waals surface area contributed by atoms with E-state index in [2.05, 4.69) is 0 Å². The van der Waals surface area contributed by atoms with Gasteiger partial charge in [-0.3, -0.25) is 0 Å². The zero-order chi connectivity index (χ0) is 12.2. The first-order chi connectivity index (χ1) is 8.63. The number of hydrogen-bond donors (Lipinski definition) is 1. The van der Waals surface area contributed by atoms with Gasteiger partial charge in [0.05, 0.1) is 18.3 Å². The van der Waals surface area contributed by atoms with Crippen molar-refractivity contribution in [1.29, 1.82) is 0 Å². The summed E-state index contributed by atoms with van der Waals surface area (Å²) in [4.78, 5) is 11.6. The first-order valence-corrected chi connectivity index (χ1v) is 7.19. The van der Waals surface area contributed by atoms with Crippen LogP contribution in [0.2, 0.25) is 0 Å². The number of fused-ring (bicyclic) bond motifs is 7. The van der Waals surface area contributed by atoms with E-state index in [9.17, 15) is 9.90 Å². The average molecular weight is 250 g/mol. The van der Waals surface area contributed by atoms with Crippen LogP contribution < -0.4 is 0 Å². The summed E-state index contributed by atoms with van der Waals surface area (Å²) in [5.41, 5.74) is -0.835. The molecule has 2 bridgehead atoms. The Kier molecular flexibility index (Phi) is 1.58. The zero-order valence-electron chi connectivity index (χ0n) is 10.4. The van der Waals surface area contributed by atoms with Crippen LogP contribution in [0.4, 0.5) is 0 Å². The number of carboxylic acids is 1. The minimum Gasteiger partial charge on any atom is -0.479 e. The van der Waals surface area contributed by atoms with Crippen molar-refractivity contribution in [3.8, 4) is 0 Å². The van der Waals surface area contributed by atoms with Gasteiger partial charge < -0.3 is 14.6 Å². The molecule has 3 saturated carbocycles. The quantitative estimate of drug-likeness (QED) is 0.750. The van der Waals surface area contributed by atoms with Crippen LogP contribution in [0, 0.1) is 29.6 Å². The topological polar surface area (TPSA) is 62.4 Å². The molecule has 5 fully saturated rings. The zero-order valence-corrected chi connectivity index (χ0v) is 10.4. The molecule has 9 atom stereocenters. The number of hydrogen-bond acceptors (Lipinski definition) is 3. The van der Waals surface area contributed by atoms with Gasteiger partial charge in [-0.05, 0) is 49.9 Å². The fourth-order valence-electron chi connectivity index (χ4n) is 5.85. The van der Waals surface area contributed by atoms with Crippen molar-refractivity contribution in [3.63, 3.8) is 0 Å². The number of ether oxygens (including phenoxy) is 2. The van der Waals surface area contributed by atoms with Gasteiger partial charge in [-0.15, -0.1) is 0 Å². The molecule has 18 heavy (non-hydrogen) atoms. The lowest BCUT2D eigenvalue weighted by atomic mass is 9.69. The summed E-state index contributed by atoms with van der Waals surface area (Å²) < 4.78 is 11.2. The van der Waals surface area contributed by atoms with Gasteiger partial charge in [-0.1, -0.05) is 0 Å². The van der Waals surface area contributed by atoms with E-state index in [0.717, 1.165) is 18.3 Å². The largest absolute Gasteiger partial charge is 0.479 e. The Labute approximate surface area is 106 Å². The van der Waals surface area contributed by atoms with Gasteiger partial charge in [-0.2, -0.15) is 0 Å². The van der Waals surface area contributed by atoms with Crippen molar-refractivity contribution in [1.82, 2.24) is 0 Å². The van der Waals surface area contributed by atoms with Crippen LogP contribution in [0.3, 0.4) is 0 Å². The molecule has 9 unspecified atom stereocenters. The SMILES string of the molecule is CC1OC1(C(=O)O)C1CC2CC1C1CC3OC3C21. The highest BCUT2D eigenvalue weighted by atomic mass is 16.6. The molecule has 2 aliphatic heterocycles. The standard InChI is InChI=1S/C14H18O4/c1-5-14(18-5,13(15)16)9-3-6-2-7(9)8-4-10-12(17-10)11(6)8/h5-12H,2-4H2,1H3,(H,15,16). The molecule has 0 amide bonds. The molecule has 0 aromatic heterocycles. The Morgan fingerprint density at radius 3 is 2.72 bits per heavy atom. The highest BCUT2D eigenvalue weighted by molar-refractivity contribution is 5.82. The van der Waals surface area contributed by atoms with Gasteiger partial charge in [0, 0.05) is 5.92 Å². The summed E-state index contributed by atoms with van der Waals surface area (Å²) in [6.45, 7) is 1.91. The van der Waals surface area contributed by atoms with E-state index in [1.165, 1.54) is 12.8 Å².